The zero-order valence-corrected chi connectivity index (χ0v) is 10.8. The Morgan fingerprint density at radius 2 is 1.64 bits per heavy atom. The van der Waals surface area contributed by atoms with E-state index < -0.39 is 0 Å². The Morgan fingerprint density at radius 3 is 2.00 bits per heavy atom. The van der Waals surface area contributed by atoms with Gasteiger partial charge < -0.3 is 0 Å². The van der Waals surface area contributed by atoms with E-state index in [9.17, 15) is 0 Å². The second kappa shape index (κ2) is 8.02. The predicted molar refractivity (Wildman–Crippen MR) is 65.8 cm³/mol. The van der Waals surface area contributed by atoms with Crippen molar-refractivity contribution in [2.24, 2.45) is 0 Å². The van der Waals surface area contributed by atoms with Gasteiger partial charge in [-0.05, 0) is 18.9 Å². The molecule has 0 aromatic rings. The van der Waals surface area contributed by atoms with Gasteiger partial charge in [-0.2, -0.15) is 0 Å². The van der Waals surface area contributed by atoms with Crippen molar-refractivity contribution >= 4 is 43.2 Å². The monoisotopic (exact) mass is 228 g/mol. The SMILES string of the molecule is CC[C@H](SSC)[C@@H](C)SSC. The van der Waals surface area contributed by atoms with Crippen LogP contribution in [-0.4, -0.2) is 23.0 Å². The van der Waals surface area contributed by atoms with Crippen LogP contribution >= 0.6 is 43.2 Å². The first-order chi connectivity index (χ1) is 5.26. The Balaban J connectivity index is 3.61. The molecule has 0 saturated heterocycles. The van der Waals surface area contributed by atoms with Crippen molar-refractivity contribution in [3.63, 3.8) is 0 Å². The van der Waals surface area contributed by atoms with Gasteiger partial charge in [0, 0.05) is 10.5 Å². The summed E-state index contributed by atoms with van der Waals surface area (Å²) in [6, 6.07) is 0. The summed E-state index contributed by atoms with van der Waals surface area (Å²) in [4.78, 5) is 0. The minimum atomic E-state index is 0.771. The smallest absolute Gasteiger partial charge is 0.0273 e. The lowest BCUT2D eigenvalue weighted by Gasteiger charge is -2.18. The van der Waals surface area contributed by atoms with Crippen molar-refractivity contribution in [3.05, 3.63) is 0 Å². The Labute approximate surface area is 86.2 Å². The molecule has 0 fully saturated rings. The number of hydrogen-bond acceptors (Lipinski definition) is 4. The molecule has 0 saturated carbocycles. The van der Waals surface area contributed by atoms with E-state index in [1.807, 2.05) is 43.2 Å². The lowest BCUT2D eigenvalue weighted by Crippen LogP contribution is -2.13. The molecule has 0 spiro atoms. The molecule has 0 bridgehead atoms. The molecule has 0 aromatic carbocycles. The highest BCUT2D eigenvalue weighted by molar-refractivity contribution is 8.78. The second-order valence-electron chi connectivity index (χ2n) is 2.18. The molecule has 0 unspecified atom stereocenters. The van der Waals surface area contributed by atoms with Crippen molar-refractivity contribution in [2.45, 2.75) is 30.8 Å². The van der Waals surface area contributed by atoms with Gasteiger partial charge in [0.25, 0.3) is 0 Å². The third-order valence-corrected chi connectivity index (χ3v) is 6.38. The average Bonchev–Trinajstić information content (AvgIpc) is 2.00. The Bertz CT molecular complexity index is 86.5. The highest BCUT2D eigenvalue weighted by atomic mass is 33.1. The van der Waals surface area contributed by atoms with E-state index in [0.29, 0.717) is 0 Å². The molecule has 0 nitrogen and oxygen atoms in total. The van der Waals surface area contributed by atoms with Crippen molar-refractivity contribution < 1.29 is 0 Å². The van der Waals surface area contributed by atoms with Gasteiger partial charge in [-0.1, -0.05) is 57.0 Å². The zero-order valence-electron chi connectivity index (χ0n) is 7.49. The summed E-state index contributed by atoms with van der Waals surface area (Å²) < 4.78 is 0. The molecule has 0 rings (SSSR count). The lowest BCUT2D eigenvalue weighted by molar-refractivity contribution is 0.816. The molecule has 0 aromatic heterocycles. The third-order valence-electron chi connectivity index (χ3n) is 1.39. The second-order valence-corrected chi connectivity index (χ2v) is 7.73. The molecule has 0 aliphatic carbocycles. The van der Waals surface area contributed by atoms with E-state index in [2.05, 4.69) is 26.4 Å². The van der Waals surface area contributed by atoms with Crippen LogP contribution in [-0.2, 0) is 0 Å². The highest BCUT2D eigenvalue weighted by Gasteiger charge is 2.15. The maximum atomic E-state index is 2.32. The summed E-state index contributed by atoms with van der Waals surface area (Å²) in [7, 11) is 7.75. The van der Waals surface area contributed by atoms with Crippen molar-refractivity contribution in [3.8, 4) is 0 Å². The van der Waals surface area contributed by atoms with Crippen molar-refractivity contribution in [1.29, 1.82) is 0 Å². The number of rotatable bonds is 6. The first kappa shape index (κ1) is 12.4. The molecular weight excluding hydrogens is 212 g/mol. The van der Waals surface area contributed by atoms with Crippen LogP contribution in [0.15, 0.2) is 0 Å². The number of hydrogen-bond donors (Lipinski definition) is 0. The average molecular weight is 228 g/mol. The van der Waals surface area contributed by atoms with Crippen LogP contribution in [0.1, 0.15) is 20.3 Å². The molecule has 0 N–H and O–H groups in total. The molecular formula is C7H16S4. The third kappa shape index (κ3) is 5.61. The quantitative estimate of drug-likeness (QED) is 0.625. The van der Waals surface area contributed by atoms with Crippen molar-refractivity contribution in [1.82, 2.24) is 0 Å². The molecule has 0 aliphatic rings. The molecule has 0 amide bonds. The van der Waals surface area contributed by atoms with Crippen LogP contribution in [0.3, 0.4) is 0 Å². The Morgan fingerprint density at radius 1 is 1.09 bits per heavy atom. The van der Waals surface area contributed by atoms with Crippen LogP contribution in [0.5, 0.6) is 0 Å². The maximum absolute atomic E-state index is 2.32. The van der Waals surface area contributed by atoms with E-state index in [1.165, 1.54) is 6.42 Å². The van der Waals surface area contributed by atoms with E-state index in [4.69, 9.17) is 0 Å². The van der Waals surface area contributed by atoms with Crippen LogP contribution < -0.4 is 0 Å². The van der Waals surface area contributed by atoms with Crippen LogP contribution in [0.2, 0.25) is 0 Å². The summed E-state index contributed by atoms with van der Waals surface area (Å²) in [5.74, 6) is 0. The highest BCUT2D eigenvalue weighted by Crippen LogP contribution is 2.36. The zero-order chi connectivity index (χ0) is 8.69. The Hall–Kier alpha value is 1.40. The normalized spacial score (nSPS) is 16.4. The molecule has 0 heterocycles. The van der Waals surface area contributed by atoms with Gasteiger partial charge in [0.2, 0.25) is 0 Å². The van der Waals surface area contributed by atoms with Gasteiger partial charge in [0.05, 0.1) is 0 Å². The van der Waals surface area contributed by atoms with Gasteiger partial charge in [0.1, 0.15) is 0 Å². The van der Waals surface area contributed by atoms with Crippen LogP contribution in [0, 0.1) is 0 Å². The lowest BCUT2D eigenvalue weighted by atomic mass is 10.3. The summed E-state index contributed by atoms with van der Waals surface area (Å²) in [5.41, 5.74) is 0. The molecule has 4 heteroatoms. The topological polar surface area (TPSA) is 0 Å². The van der Waals surface area contributed by atoms with Gasteiger partial charge in [0.15, 0.2) is 0 Å². The van der Waals surface area contributed by atoms with E-state index >= 15 is 0 Å². The van der Waals surface area contributed by atoms with Crippen LogP contribution in [0.4, 0.5) is 0 Å². The predicted octanol–water partition coefficient (Wildman–Crippen LogP) is 4.18. The van der Waals surface area contributed by atoms with Crippen LogP contribution in [0.25, 0.3) is 0 Å². The minimum Gasteiger partial charge on any atom is -0.0973 e. The first-order valence-corrected chi connectivity index (χ1v) is 8.89. The first-order valence-electron chi connectivity index (χ1n) is 3.65. The minimum absolute atomic E-state index is 0.771. The van der Waals surface area contributed by atoms with E-state index in [-0.39, 0.29) is 0 Å². The molecule has 2 atom stereocenters. The summed E-state index contributed by atoms with van der Waals surface area (Å²) in [6.07, 6.45) is 5.58. The molecule has 0 aliphatic heterocycles. The summed E-state index contributed by atoms with van der Waals surface area (Å²) >= 11 is 0. The fourth-order valence-corrected chi connectivity index (χ4v) is 5.69. The van der Waals surface area contributed by atoms with Gasteiger partial charge in [-0.15, -0.1) is 0 Å². The fourth-order valence-electron chi connectivity index (χ4n) is 0.816. The Kier molecular flexibility index (Phi) is 9.04. The van der Waals surface area contributed by atoms with Gasteiger partial charge >= 0.3 is 0 Å². The van der Waals surface area contributed by atoms with Crippen molar-refractivity contribution in [2.75, 3.05) is 12.5 Å². The molecule has 0 radical (unpaired) electrons. The molecule has 11 heavy (non-hydrogen) atoms. The largest absolute Gasteiger partial charge is 0.0973 e. The van der Waals surface area contributed by atoms with Gasteiger partial charge in [-0.25, -0.2) is 0 Å². The van der Waals surface area contributed by atoms with E-state index in [1.54, 1.807) is 0 Å². The standard InChI is InChI=1S/C7H16S4/c1-5-7(11-9-4)6(2)10-8-3/h6-7H,5H2,1-4H3/t6-,7+/m1/s1. The van der Waals surface area contributed by atoms with E-state index in [0.717, 1.165) is 10.5 Å². The summed E-state index contributed by atoms with van der Waals surface area (Å²) in [6.45, 7) is 4.59. The summed E-state index contributed by atoms with van der Waals surface area (Å²) in [5, 5.41) is 1.58. The maximum Gasteiger partial charge on any atom is 0.0273 e. The fraction of sp³-hybridized carbons (Fsp3) is 1.00. The van der Waals surface area contributed by atoms with Gasteiger partial charge in [-0.3, -0.25) is 0 Å². The molecule has 68 valence electrons.